The van der Waals surface area contributed by atoms with Crippen molar-refractivity contribution < 1.29 is 9.59 Å². The van der Waals surface area contributed by atoms with Crippen LogP contribution in [0.25, 0.3) is 10.8 Å². The van der Waals surface area contributed by atoms with Crippen molar-refractivity contribution in [1.29, 1.82) is 0 Å². The molecule has 1 atom stereocenters. The number of carbonyl (C=O) groups excluding carboxylic acids is 2. The SMILES string of the molecule is Cc1ccc(N2C(=O)N(Cc3cccc4ccccc34)C(=O)C2C)cc1. The minimum absolute atomic E-state index is 0.163. The second-order valence-corrected chi connectivity index (χ2v) is 6.73. The minimum atomic E-state index is -0.500. The Labute approximate surface area is 152 Å². The molecular weight excluding hydrogens is 324 g/mol. The number of imide groups is 1. The van der Waals surface area contributed by atoms with Crippen molar-refractivity contribution in [3.05, 3.63) is 77.9 Å². The van der Waals surface area contributed by atoms with Crippen molar-refractivity contribution in [2.75, 3.05) is 4.90 Å². The number of rotatable bonds is 3. The Kier molecular flexibility index (Phi) is 3.96. The predicted molar refractivity (Wildman–Crippen MR) is 103 cm³/mol. The molecule has 0 aromatic heterocycles. The molecule has 0 N–H and O–H groups in total. The van der Waals surface area contributed by atoms with Gasteiger partial charge in [-0.3, -0.25) is 14.6 Å². The van der Waals surface area contributed by atoms with E-state index >= 15 is 0 Å². The molecule has 1 aliphatic heterocycles. The van der Waals surface area contributed by atoms with Crippen LogP contribution < -0.4 is 4.90 Å². The maximum Gasteiger partial charge on any atom is 0.332 e. The van der Waals surface area contributed by atoms with Gasteiger partial charge in [-0.15, -0.1) is 0 Å². The van der Waals surface area contributed by atoms with Gasteiger partial charge in [0.05, 0.1) is 6.54 Å². The number of carbonyl (C=O) groups is 2. The fourth-order valence-electron chi connectivity index (χ4n) is 3.51. The van der Waals surface area contributed by atoms with Crippen molar-refractivity contribution >= 4 is 28.4 Å². The van der Waals surface area contributed by atoms with E-state index in [0.717, 1.165) is 27.6 Å². The predicted octanol–water partition coefficient (Wildman–Crippen LogP) is 4.51. The van der Waals surface area contributed by atoms with Gasteiger partial charge in [-0.1, -0.05) is 60.2 Å². The van der Waals surface area contributed by atoms with E-state index < -0.39 is 6.04 Å². The van der Waals surface area contributed by atoms with Crippen molar-refractivity contribution in [2.24, 2.45) is 0 Å². The van der Waals surface area contributed by atoms with Gasteiger partial charge in [0.1, 0.15) is 6.04 Å². The number of amides is 3. The summed E-state index contributed by atoms with van der Waals surface area (Å²) in [5.41, 5.74) is 2.84. The topological polar surface area (TPSA) is 40.6 Å². The lowest BCUT2D eigenvalue weighted by Gasteiger charge is -2.20. The fourth-order valence-corrected chi connectivity index (χ4v) is 3.51. The van der Waals surface area contributed by atoms with Crippen LogP contribution in [0.3, 0.4) is 0 Å². The van der Waals surface area contributed by atoms with Crippen LogP contribution in [0.1, 0.15) is 18.1 Å². The van der Waals surface area contributed by atoms with Crippen LogP contribution in [0.2, 0.25) is 0 Å². The first-order valence-electron chi connectivity index (χ1n) is 8.74. The van der Waals surface area contributed by atoms with E-state index in [1.807, 2.05) is 73.7 Å². The fraction of sp³-hybridized carbons (Fsp3) is 0.182. The number of aryl methyl sites for hydroxylation is 1. The first kappa shape index (κ1) is 16.3. The third-order valence-electron chi connectivity index (χ3n) is 4.97. The summed E-state index contributed by atoms with van der Waals surface area (Å²) in [5, 5.41) is 2.17. The van der Waals surface area contributed by atoms with E-state index in [2.05, 4.69) is 0 Å². The summed E-state index contributed by atoms with van der Waals surface area (Å²) in [7, 11) is 0. The number of benzene rings is 3. The third kappa shape index (κ3) is 2.64. The van der Waals surface area contributed by atoms with E-state index in [1.54, 1.807) is 11.8 Å². The lowest BCUT2D eigenvalue weighted by atomic mass is 10.0. The number of nitrogens with zero attached hydrogens (tertiary/aromatic N) is 2. The number of fused-ring (bicyclic) bond motifs is 1. The Bertz CT molecular complexity index is 989. The van der Waals surface area contributed by atoms with Gasteiger partial charge in [-0.25, -0.2) is 4.79 Å². The highest BCUT2D eigenvalue weighted by Crippen LogP contribution is 2.28. The molecule has 0 saturated carbocycles. The largest absolute Gasteiger partial charge is 0.332 e. The van der Waals surface area contributed by atoms with Crippen molar-refractivity contribution in [2.45, 2.75) is 26.4 Å². The second kappa shape index (κ2) is 6.30. The zero-order valence-corrected chi connectivity index (χ0v) is 14.8. The molecule has 1 aliphatic rings. The molecule has 3 aromatic carbocycles. The maximum absolute atomic E-state index is 13.0. The first-order valence-corrected chi connectivity index (χ1v) is 8.74. The summed E-state index contributed by atoms with van der Waals surface area (Å²) in [6.45, 7) is 4.06. The van der Waals surface area contributed by atoms with E-state index in [4.69, 9.17) is 0 Å². The van der Waals surface area contributed by atoms with Gasteiger partial charge < -0.3 is 0 Å². The van der Waals surface area contributed by atoms with Crippen molar-refractivity contribution in [1.82, 2.24) is 4.90 Å². The molecule has 130 valence electrons. The molecule has 3 amide bonds. The maximum atomic E-state index is 13.0. The average Bonchev–Trinajstić information content (AvgIpc) is 2.86. The highest BCUT2D eigenvalue weighted by Gasteiger charge is 2.43. The van der Waals surface area contributed by atoms with Crippen LogP contribution in [0, 0.1) is 6.92 Å². The van der Waals surface area contributed by atoms with Gasteiger partial charge in [0.2, 0.25) is 0 Å². The summed E-state index contributed by atoms with van der Waals surface area (Å²) >= 11 is 0. The zero-order valence-electron chi connectivity index (χ0n) is 14.8. The molecule has 1 fully saturated rings. The van der Waals surface area contributed by atoms with Crippen LogP contribution in [-0.4, -0.2) is 22.9 Å². The molecule has 0 aliphatic carbocycles. The molecule has 4 heteroatoms. The van der Waals surface area contributed by atoms with Gasteiger partial charge in [-0.05, 0) is 42.3 Å². The number of anilines is 1. The summed E-state index contributed by atoms with van der Waals surface area (Å²) in [4.78, 5) is 28.7. The highest BCUT2D eigenvalue weighted by molar-refractivity contribution is 6.14. The number of urea groups is 1. The normalized spacial score (nSPS) is 17.4. The van der Waals surface area contributed by atoms with Gasteiger partial charge in [0.25, 0.3) is 5.91 Å². The van der Waals surface area contributed by atoms with Crippen LogP contribution in [-0.2, 0) is 11.3 Å². The third-order valence-corrected chi connectivity index (χ3v) is 4.97. The Morgan fingerprint density at radius 3 is 2.35 bits per heavy atom. The van der Waals surface area contributed by atoms with Crippen molar-refractivity contribution in [3.8, 4) is 0 Å². The Balaban J connectivity index is 1.68. The first-order chi connectivity index (χ1) is 12.6. The second-order valence-electron chi connectivity index (χ2n) is 6.73. The zero-order chi connectivity index (χ0) is 18.3. The average molecular weight is 344 g/mol. The summed E-state index contributed by atoms with van der Waals surface area (Å²) in [6, 6.07) is 20.9. The molecule has 3 aromatic rings. The van der Waals surface area contributed by atoms with Gasteiger partial charge >= 0.3 is 6.03 Å². The minimum Gasteiger partial charge on any atom is -0.282 e. The van der Waals surface area contributed by atoms with Crippen LogP contribution in [0.15, 0.2) is 66.7 Å². The molecular formula is C22H20N2O2. The Morgan fingerprint density at radius 2 is 1.58 bits per heavy atom. The highest BCUT2D eigenvalue weighted by atomic mass is 16.2. The molecule has 4 rings (SSSR count). The molecule has 1 heterocycles. The summed E-state index contributed by atoms with van der Waals surface area (Å²) < 4.78 is 0. The van der Waals surface area contributed by atoms with Gasteiger partial charge in [0.15, 0.2) is 0 Å². The monoisotopic (exact) mass is 344 g/mol. The summed E-state index contributed by atoms with van der Waals surface area (Å²) in [5.74, 6) is -0.163. The van der Waals surface area contributed by atoms with Crippen LogP contribution >= 0.6 is 0 Å². The molecule has 1 unspecified atom stereocenters. The van der Waals surface area contributed by atoms with E-state index in [9.17, 15) is 9.59 Å². The van der Waals surface area contributed by atoms with Gasteiger partial charge in [0, 0.05) is 5.69 Å². The van der Waals surface area contributed by atoms with Crippen LogP contribution in [0.5, 0.6) is 0 Å². The molecule has 4 nitrogen and oxygen atoms in total. The molecule has 1 saturated heterocycles. The van der Waals surface area contributed by atoms with E-state index in [1.165, 1.54) is 4.90 Å². The lowest BCUT2D eigenvalue weighted by molar-refractivity contribution is -0.127. The lowest BCUT2D eigenvalue weighted by Crippen LogP contribution is -2.33. The molecule has 0 bridgehead atoms. The quantitative estimate of drug-likeness (QED) is 0.656. The molecule has 0 radical (unpaired) electrons. The number of hydrogen-bond donors (Lipinski definition) is 0. The Morgan fingerprint density at radius 1 is 0.885 bits per heavy atom. The van der Waals surface area contributed by atoms with Crippen LogP contribution in [0.4, 0.5) is 10.5 Å². The van der Waals surface area contributed by atoms with Crippen molar-refractivity contribution in [3.63, 3.8) is 0 Å². The van der Waals surface area contributed by atoms with E-state index in [0.29, 0.717) is 0 Å². The Hall–Kier alpha value is -3.14. The summed E-state index contributed by atoms with van der Waals surface area (Å²) in [6.07, 6.45) is 0. The smallest absolute Gasteiger partial charge is 0.282 e. The molecule has 0 spiro atoms. The standard InChI is InChI=1S/C22H20N2O2/c1-15-10-12-19(13-11-15)24-16(2)21(25)23(22(24)26)14-18-8-5-7-17-6-3-4-9-20(17)18/h3-13,16H,14H2,1-2H3. The molecule has 26 heavy (non-hydrogen) atoms. The van der Waals surface area contributed by atoms with Gasteiger partial charge in [-0.2, -0.15) is 0 Å². The van der Waals surface area contributed by atoms with E-state index in [-0.39, 0.29) is 18.5 Å². The number of hydrogen-bond acceptors (Lipinski definition) is 2.